The number of rotatable bonds is 8. The first kappa shape index (κ1) is 22.4. The van der Waals surface area contributed by atoms with E-state index in [1.807, 2.05) is 50.2 Å². The molecule has 0 saturated heterocycles. The van der Waals surface area contributed by atoms with Crippen LogP contribution in [0.5, 0.6) is 5.75 Å². The largest absolute Gasteiger partial charge is 0.493 e. The summed E-state index contributed by atoms with van der Waals surface area (Å²) in [5, 5.41) is 0.626. The van der Waals surface area contributed by atoms with Crippen molar-refractivity contribution >= 4 is 40.8 Å². The van der Waals surface area contributed by atoms with Crippen molar-refractivity contribution in [2.75, 3.05) is 13.2 Å². The molecule has 0 unspecified atom stereocenters. The molecule has 3 rings (SSSR count). The van der Waals surface area contributed by atoms with Gasteiger partial charge in [0.1, 0.15) is 5.75 Å². The first-order valence-corrected chi connectivity index (χ1v) is 11.2. The lowest BCUT2D eigenvalue weighted by Gasteiger charge is -2.17. The van der Waals surface area contributed by atoms with Gasteiger partial charge < -0.3 is 4.74 Å². The summed E-state index contributed by atoms with van der Waals surface area (Å²) < 4.78 is 5.74. The maximum Gasteiger partial charge on any atom is 0.268 e. The Morgan fingerprint density at radius 1 is 0.900 bits per heavy atom. The lowest BCUT2D eigenvalue weighted by atomic mass is 10.1. The Labute approximate surface area is 187 Å². The summed E-state index contributed by atoms with van der Waals surface area (Å²) >= 11 is 7.28. The van der Waals surface area contributed by atoms with E-state index in [9.17, 15) is 9.59 Å². The zero-order valence-electron chi connectivity index (χ0n) is 17.6. The van der Waals surface area contributed by atoms with Crippen molar-refractivity contribution in [1.29, 1.82) is 0 Å². The lowest BCUT2D eigenvalue weighted by molar-refractivity contribution is -0.137. The summed E-state index contributed by atoms with van der Waals surface area (Å²) in [5.41, 5.74) is 1.16. The number of carbonyl (C=O) groups is 2. The smallest absolute Gasteiger partial charge is 0.268 e. The van der Waals surface area contributed by atoms with Crippen molar-refractivity contribution < 1.29 is 14.3 Å². The van der Waals surface area contributed by atoms with Crippen molar-refractivity contribution in [3.63, 3.8) is 0 Å². The van der Waals surface area contributed by atoms with Gasteiger partial charge in [-0.3, -0.25) is 14.5 Å². The van der Waals surface area contributed by atoms with Crippen LogP contribution in [0, 0.1) is 11.8 Å². The summed E-state index contributed by atoms with van der Waals surface area (Å²) in [6.45, 7) is 9.18. The minimum Gasteiger partial charge on any atom is -0.493 e. The molecule has 0 saturated carbocycles. The van der Waals surface area contributed by atoms with Gasteiger partial charge in [0, 0.05) is 16.5 Å². The standard InChI is InChI=1S/C24H26ClNO3S/c1-15(2)13-26-23(27)21(17-5-9-19(10-6-17)29-14-16(3)4)22(24(26)28)30-20-11-7-18(25)8-12-20/h5-12,15-16H,13-14H2,1-4H3. The van der Waals surface area contributed by atoms with Gasteiger partial charge in [0.2, 0.25) is 0 Å². The normalized spacial score (nSPS) is 14.4. The van der Waals surface area contributed by atoms with Gasteiger partial charge in [0.05, 0.1) is 17.1 Å². The molecule has 6 heteroatoms. The van der Waals surface area contributed by atoms with Crippen LogP contribution in [-0.2, 0) is 9.59 Å². The third-order valence-corrected chi connectivity index (χ3v) is 5.78. The van der Waals surface area contributed by atoms with E-state index in [0.717, 1.165) is 10.6 Å². The molecule has 0 fully saturated rings. The second kappa shape index (κ2) is 9.71. The van der Waals surface area contributed by atoms with Crippen LogP contribution >= 0.6 is 23.4 Å². The molecule has 30 heavy (non-hydrogen) atoms. The third kappa shape index (κ3) is 5.27. The lowest BCUT2D eigenvalue weighted by Crippen LogP contribution is -2.34. The molecule has 1 aliphatic rings. The van der Waals surface area contributed by atoms with E-state index in [0.29, 0.717) is 40.1 Å². The van der Waals surface area contributed by atoms with Crippen LogP contribution in [0.4, 0.5) is 0 Å². The number of carbonyl (C=O) groups excluding carboxylic acids is 2. The number of imide groups is 1. The quantitative estimate of drug-likeness (QED) is 0.476. The molecule has 0 atom stereocenters. The van der Waals surface area contributed by atoms with Crippen LogP contribution in [0.15, 0.2) is 58.3 Å². The molecule has 0 N–H and O–H groups in total. The monoisotopic (exact) mass is 443 g/mol. The van der Waals surface area contributed by atoms with Gasteiger partial charge >= 0.3 is 0 Å². The summed E-state index contributed by atoms with van der Waals surface area (Å²) in [5.74, 6) is 0.861. The summed E-state index contributed by atoms with van der Waals surface area (Å²) in [6.07, 6.45) is 0. The van der Waals surface area contributed by atoms with Crippen molar-refractivity contribution in [3.8, 4) is 5.75 Å². The summed E-state index contributed by atoms with van der Waals surface area (Å²) in [6, 6.07) is 14.6. The predicted octanol–water partition coefficient (Wildman–Crippen LogP) is 5.90. The van der Waals surface area contributed by atoms with E-state index in [-0.39, 0.29) is 17.7 Å². The molecule has 4 nitrogen and oxygen atoms in total. The van der Waals surface area contributed by atoms with Crippen molar-refractivity contribution in [1.82, 2.24) is 4.90 Å². The highest BCUT2D eigenvalue weighted by Gasteiger charge is 2.39. The fourth-order valence-electron chi connectivity index (χ4n) is 3.04. The average Bonchev–Trinajstić information content (AvgIpc) is 2.92. The van der Waals surface area contributed by atoms with Gasteiger partial charge in [-0.25, -0.2) is 0 Å². The highest BCUT2D eigenvalue weighted by atomic mass is 35.5. The highest BCUT2D eigenvalue weighted by Crippen LogP contribution is 2.40. The molecular formula is C24H26ClNO3S. The van der Waals surface area contributed by atoms with E-state index in [2.05, 4.69) is 13.8 Å². The van der Waals surface area contributed by atoms with Gasteiger partial charge in [-0.05, 0) is 53.8 Å². The zero-order chi connectivity index (χ0) is 21.8. The van der Waals surface area contributed by atoms with E-state index < -0.39 is 0 Å². The molecule has 2 amide bonds. The number of benzene rings is 2. The SMILES string of the molecule is CC(C)COc1ccc(C2=C(Sc3ccc(Cl)cc3)C(=O)N(CC(C)C)C2=O)cc1. The second-order valence-corrected chi connectivity index (χ2v) is 9.62. The Hall–Kier alpha value is -2.24. The molecule has 0 aromatic heterocycles. The van der Waals surface area contributed by atoms with Gasteiger partial charge in [-0.2, -0.15) is 0 Å². The minimum absolute atomic E-state index is 0.186. The molecule has 2 aromatic carbocycles. The second-order valence-electron chi connectivity index (χ2n) is 8.10. The number of amides is 2. The fourth-order valence-corrected chi connectivity index (χ4v) is 4.17. The average molecular weight is 444 g/mol. The first-order chi connectivity index (χ1) is 14.3. The maximum atomic E-state index is 13.2. The predicted molar refractivity (Wildman–Crippen MR) is 123 cm³/mol. The van der Waals surface area contributed by atoms with Crippen LogP contribution in [0.3, 0.4) is 0 Å². The molecule has 1 heterocycles. The Morgan fingerprint density at radius 3 is 2.10 bits per heavy atom. The highest BCUT2D eigenvalue weighted by molar-refractivity contribution is 8.04. The van der Waals surface area contributed by atoms with Crippen molar-refractivity contribution in [2.24, 2.45) is 11.8 Å². The van der Waals surface area contributed by atoms with Gasteiger partial charge in [-0.1, -0.05) is 63.2 Å². The first-order valence-electron chi connectivity index (χ1n) is 10.0. The fraction of sp³-hybridized carbons (Fsp3) is 0.333. The van der Waals surface area contributed by atoms with Crippen molar-refractivity contribution in [2.45, 2.75) is 32.6 Å². The van der Waals surface area contributed by atoms with Crippen LogP contribution in [0.1, 0.15) is 33.3 Å². The molecule has 0 spiro atoms. The molecule has 0 radical (unpaired) electrons. The van der Waals surface area contributed by atoms with Crippen LogP contribution in [0.2, 0.25) is 5.02 Å². The number of thioether (sulfide) groups is 1. The molecule has 1 aliphatic heterocycles. The number of ether oxygens (including phenoxy) is 1. The van der Waals surface area contributed by atoms with E-state index in [4.69, 9.17) is 16.3 Å². The van der Waals surface area contributed by atoms with E-state index in [1.165, 1.54) is 16.7 Å². The summed E-state index contributed by atoms with van der Waals surface area (Å²) in [4.78, 5) is 29.0. The maximum absolute atomic E-state index is 13.2. The molecule has 0 bridgehead atoms. The Bertz CT molecular complexity index is 949. The molecule has 158 valence electrons. The third-order valence-electron chi connectivity index (χ3n) is 4.43. The minimum atomic E-state index is -0.249. The number of nitrogens with zero attached hydrogens (tertiary/aromatic N) is 1. The zero-order valence-corrected chi connectivity index (χ0v) is 19.2. The summed E-state index contributed by atoms with van der Waals surface area (Å²) in [7, 11) is 0. The van der Waals surface area contributed by atoms with Gasteiger partial charge in [0.15, 0.2) is 0 Å². The van der Waals surface area contributed by atoms with Gasteiger partial charge in [0.25, 0.3) is 11.8 Å². The Kier molecular flexibility index (Phi) is 7.27. The Morgan fingerprint density at radius 2 is 1.53 bits per heavy atom. The van der Waals surface area contributed by atoms with E-state index >= 15 is 0 Å². The van der Waals surface area contributed by atoms with Crippen LogP contribution in [0.25, 0.3) is 5.57 Å². The molecule has 0 aliphatic carbocycles. The van der Waals surface area contributed by atoms with Gasteiger partial charge in [-0.15, -0.1) is 0 Å². The molecular weight excluding hydrogens is 418 g/mol. The number of hydrogen-bond donors (Lipinski definition) is 0. The van der Waals surface area contributed by atoms with Crippen molar-refractivity contribution in [3.05, 3.63) is 64.0 Å². The number of halogens is 1. The van der Waals surface area contributed by atoms with E-state index in [1.54, 1.807) is 12.1 Å². The van der Waals surface area contributed by atoms with Crippen LogP contribution in [-0.4, -0.2) is 29.9 Å². The number of hydrogen-bond acceptors (Lipinski definition) is 4. The Balaban J connectivity index is 1.95. The molecule has 2 aromatic rings. The van der Waals surface area contributed by atoms with Crippen LogP contribution < -0.4 is 4.74 Å². The topological polar surface area (TPSA) is 46.6 Å².